The first-order chi connectivity index (χ1) is 13.7. The van der Waals surface area contributed by atoms with Gasteiger partial charge in [0.05, 0.1) is 28.6 Å². The molecule has 28 heavy (non-hydrogen) atoms. The summed E-state index contributed by atoms with van der Waals surface area (Å²) in [4.78, 5) is 17.3. The van der Waals surface area contributed by atoms with E-state index in [2.05, 4.69) is 28.0 Å². The summed E-state index contributed by atoms with van der Waals surface area (Å²) in [6, 6.07) is 17.3. The molecule has 0 aliphatic heterocycles. The molecule has 0 amide bonds. The predicted octanol–water partition coefficient (Wildman–Crippen LogP) is 3.91. The van der Waals surface area contributed by atoms with Crippen molar-refractivity contribution in [2.24, 2.45) is 0 Å². The van der Waals surface area contributed by atoms with E-state index in [1.165, 1.54) is 4.68 Å². The molecule has 2 aromatic heterocycles. The van der Waals surface area contributed by atoms with Crippen LogP contribution >= 0.6 is 11.6 Å². The van der Waals surface area contributed by atoms with Gasteiger partial charge in [-0.2, -0.15) is 9.78 Å². The average Bonchev–Trinajstić information content (AvgIpc) is 3.09. The number of aromatic nitrogens is 4. The summed E-state index contributed by atoms with van der Waals surface area (Å²) >= 11 is 6.30. The topological polar surface area (TPSA) is 64.7 Å². The zero-order valence-electron chi connectivity index (χ0n) is 15.5. The number of nitrogens with zero attached hydrogens (tertiary/aromatic N) is 4. The van der Waals surface area contributed by atoms with Crippen LogP contribution in [-0.2, 0) is 13.0 Å². The third kappa shape index (κ3) is 3.39. The first-order valence-electron chi connectivity index (χ1n) is 9.20. The summed E-state index contributed by atoms with van der Waals surface area (Å²) in [5.41, 5.74) is 2.98. The fourth-order valence-corrected chi connectivity index (χ4v) is 3.48. The van der Waals surface area contributed by atoms with Crippen molar-refractivity contribution in [2.75, 3.05) is 11.9 Å². The second kappa shape index (κ2) is 7.86. The van der Waals surface area contributed by atoms with Crippen LogP contribution in [0.4, 0.5) is 5.69 Å². The number of hydrogen-bond donors (Lipinski definition) is 1. The first-order valence-corrected chi connectivity index (χ1v) is 9.58. The fraction of sp³-hybridized carbons (Fsp3) is 0.190. The number of halogens is 1. The SMILES string of the molecule is CCn1c(CCNc2cnn(-c3ccccc3)c(=O)c2Cl)nc2ccccc21. The van der Waals surface area contributed by atoms with E-state index in [-0.39, 0.29) is 10.6 Å². The van der Waals surface area contributed by atoms with Crippen molar-refractivity contribution < 1.29 is 0 Å². The molecule has 0 spiro atoms. The lowest BCUT2D eigenvalue weighted by atomic mass is 10.3. The summed E-state index contributed by atoms with van der Waals surface area (Å²) in [6.45, 7) is 3.56. The Balaban J connectivity index is 1.52. The van der Waals surface area contributed by atoms with Crippen LogP contribution in [0.1, 0.15) is 12.7 Å². The van der Waals surface area contributed by atoms with Gasteiger partial charge in [0.2, 0.25) is 0 Å². The minimum Gasteiger partial charge on any atom is -0.382 e. The normalized spacial score (nSPS) is 11.1. The van der Waals surface area contributed by atoms with Crippen LogP contribution in [0.15, 0.2) is 65.6 Å². The maximum Gasteiger partial charge on any atom is 0.292 e. The van der Waals surface area contributed by atoms with Crippen molar-refractivity contribution in [3.8, 4) is 5.69 Å². The van der Waals surface area contributed by atoms with E-state index in [4.69, 9.17) is 16.6 Å². The quantitative estimate of drug-likeness (QED) is 0.539. The van der Waals surface area contributed by atoms with Gasteiger partial charge in [0.1, 0.15) is 10.8 Å². The van der Waals surface area contributed by atoms with Gasteiger partial charge in [0.15, 0.2) is 0 Å². The second-order valence-electron chi connectivity index (χ2n) is 6.36. The van der Waals surface area contributed by atoms with Gasteiger partial charge in [-0.25, -0.2) is 4.98 Å². The largest absolute Gasteiger partial charge is 0.382 e. The molecule has 0 unspecified atom stereocenters. The van der Waals surface area contributed by atoms with E-state index in [1.807, 2.05) is 48.5 Å². The minimum atomic E-state index is -0.348. The van der Waals surface area contributed by atoms with Crippen LogP contribution in [-0.4, -0.2) is 25.9 Å². The van der Waals surface area contributed by atoms with E-state index < -0.39 is 0 Å². The summed E-state index contributed by atoms with van der Waals surface area (Å²) in [6.07, 6.45) is 2.29. The molecule has 4 rings (SSSR count). The number of aryl methyl sites for hydroxylation is 1. The summed E-state index contributed by atoms with van der Waals surface area (Å²) in [7, 11) is 0. The lowest BCUT2D eigenvalue weighted by Gasteiger charge is -2.11. The van der Waals surface area contributed by atoms with Crippen molar-refractivity contribution in [3.63, 3.8) is 0 Å². The highest BCUT2D eigenvalue weighted by molar-refractivity contribution is 6.32. The van der Waals surface area contributed by atoms with Gasteiger partial charge in [-0.05, 0) is 31.2 Å². The van der Waals surface area contributed by atoms with Crippen LogP contribution in [0.25, 0.3) is 16.7 Å². The Kier molecular flexibility index (Phi) is 5.12. The second-order valence-corrected chi connectivity index (χ2v) is 6.74. The molecule has 0 bridgehead atoms. The molecule has 0 saturated carbocycles. The van der Waals surface area contributed by atoms with Gasteiger partial charge < -0.3 is 9.88 Å². The van der Waals surface area contributed by atoms with Crippen LogP contribution in [0.3, 0.4) is 0 Å². The van der Waals surface area contributed by atoms with Crippen molar-refractivity contribution in [1.82, 2.24) is 19.3 Å². The van der Waals surface area contributed by atoms with Gasteiger partial charge in [0.25, 0.3) is 5.56 Å². The van der Waals surface area contributed by atoms with Gasteiger partial charge in [0, 0.05) is 19.5 Å². The molecular formula is C21H20ClN5O. The molecule has 6 nitrogen and oxygen atoms in total. The Morgan fingerprint density at radius 1 is 1.07 bits per heavy atom. The number of rotatable bonds is 6. The molecule has 0 saturated heterocycles. The highest BCUT2D eigenvalue weighted by Crippen LogP contribution is 2.18. The molecule has 2 heterocycles. The zero-order chi connectivity index (χ0) is 19.5. The van der Waals surface area contributed by atoms with Gasteiger partial charge in [-0.1, -0.05) is 41.9 Å². The molecule has 1 N–H and O–H groups in total. The van der Waals surface area contributed by atoms with Gasteiger partial charge in [-0.3, -0.25) is 4.79 Å². The molecule has 2 aromatic carbocycles. The van der Waals surface area contributed by atoms with Crippen molar-refractivity contribution in [2.45, 2.75) is 19.9 Å². The van der Waals surface area contributed by atoms with E-state index >= 15 is 0 Å². The van der Waals surface area contributed by atoms with Crippen molar-refractivity contribution in [3.05, 3.63) is 82.0 Å². The number of hydrogen-bond acceptors (Lipinski definition) is 4. The van der Waals surface area contributed by atoms with Crippen LogP contribution in [0.2, 0.25) is 5.02 Å². The molecule has 0 atom stereocenters. The van der Waals surface area contributed by atoms with Crippen molar-refractivity contribution in [1.29, 1.82) is 0 Å². The number of para-hydroxylation sites is 3. The Hall–Kier alpha value is -3.12. The molecule has 7 heteroatoms. The molecule has 0 aliphatic rings. The van der Waals surface area contributed by atoms with Crippen LogP contribution in [0, 0.1) is 0 Å². The van der Waals surface area contributed by atoms with E-state index in [9.17, 15) is 4.79 Å². The highest BCUT2D eigenvalue weighted by atomic mass is 35.5. The predicted molar refractivity (Wildman–Crippen MR) is 112 cm³/mol. The first kappa shape index (κ1) is 18.3. The van der Waals surface area contributed by atoms with Crippen LogP contribution in [0.5, 0.6) is 0 Å². The number of benzene rings is 2. The van der Waals surface area contributed by atoms with Crippen LogP contribution < -0.4 is 10.9 Å². The highest BCUT2D eigenvalue weighted by Gasteiger charge is 2.12. The Labute approximate surface area is 167 Å². The Morgan fingerprint density at radius 2 is 1.82 bits per heavy atom. The Bertz CT molecular complexity index is 1170. The standard InChI is InChI=1S/C21H20ClN5O/c1-2-26-18-11-7-6-10-16(18)25-19(26)12-13-23-17-14-24-27(21(28)20(17)22)15-8-4-3-5-9-15/h3-11,14,23H,2,12-13H2,1H3. The molecule has 0 radical (unpaired) electrons. The van der Waals surface area contributed by atoms with E-state index in [0.29, 0.717) is 24.3 Å². The third-order valence-electron chi connectivity index (χ3n) is 4.63. The number of imidazole rings is 1. The maximum absolute atomic E-state index is 12.6. The summed E-state index contributed by atoms with van der Waals surface area (Å²) in [5.74, 6) is 0.998. The summed E-state index contributed by atoms with van der Waals surface area (Å²) < 4.78 is 3.49. The molecule has 0 fully saturated rings. The third-order valence-corrected chi connectivity index (χ3v) is 5.00. The summed E-state index contributed by atoms with van der Waals surface area (Å²) in [5, 5.41) is 7.58. The van der Waals surface area contributed by atoms with E-state index in [0.717, 1.165) is 23.4 Å². The average molecular weight is 394 g/mol. The number of nitrogens with one attached hydrogen (secondary N) is 1. The molecule has 142 valence electrons. The van der Waals surface area contributed by atoms with Crippen molar-refractivity contribution >= 4 is 28.3 Å². The van der Waals surface area contributed by atoms with Gasteiger partial charge in [-0.15, -0.1) is 0 Å². The monoisotopic (exact) mass is 393 g/mol. The molecular weight excluding hydrogens is 374 g/mol. The van der Waals surface area contributed by atoms with Gasteiger partial charge >= 0.3 is 0 Å². The Morgan fingerprint density at radius 3 is 2.61 bits per heavy atom. The van der Waals surface area contributed by atoms with E-state index in [1.54, 1.807) is 6.20 Å². The lowest BCUT2D eigenvalue weighted by Crippen LogP contribution is -2.23. The number of fused-ring (bicyclic) bond motifs is 1. The maximum atomic E-state index is 12.6. The smallest absolute Gasteiger partial charge is 0.292 e. The molecule has 0 aliphatic carbocycles. The number of anilines is 1. The lowest BCUT2D eigenvalue weighted by molar-refractivity contribution is 0.716. The fourth-order valence-electron chi connectivity index (χ4n) is 3.29. The zero-order valence-corrected chi connectivity index (χ0v) is 16.2. The molecule has 4 aromatic rings. The minimum absolute atomic E-state index is 0.128.